The fourth-order valence-corrected chi connectivity index (χ4v) is 1.75. The molecule has 1 aromatic rings. The number of hydrogen-bond acceptors (Lipinski definition) is 4. The van der Waals surface area contributed by atoms with Crippen LogP contribution in [0.25, 0.3) is 0 Å². The summed E-state index contributed by atoms with van der Waals surface area (Å²) in [5, 5.41) is 0. The molecular weight excluding hydrogens is 178 g/mol. The Balaban J connectivity index is 1.92. The zero-order valence-corrected chi connectivity index (χ0v) is 8.10. The van der Waals surface area contributed by atoms with Crippen LogP contribution in [0.1, 0.15) is 24.6 Å². The van der Waals surface area contributed by atoms with Crippen LogP contribution >= 0.6 is 0 Å². The molecule has 76 valence electrons. The van der Waals surface area contributed by atoms with Gasteiger partial charge >= 0.3 is 0 Å². The molecule has 2 heterocycles. The maximum Gasteiger partial charge on any atom is 0.0753 e. The lowest BCUT2D eigenvalue weighted by atomic mass is 9.98. The summed E-state index contributed by atoms with van der Waals surface area (Å²) in [7, 11) is 0. The molecule has 1 aromatic heterocycles. The largest absolute Gasteiger partial charge is 0.381 e. The molecule has 0 radical (unpaired) electrons. The predicted molar refractivity (Wildman–Crippen MR) is 52.5 cm³/mol. The first kappa shape index (κ1) is 9.55. The molecule has 0 amide bonds. The maximum atomic E-state index is 6.02. The molecule has 4 heteroatoms. The van der Waals surface area contributed by atoms with E-state index in [4.69, 9.17) is 10.5 Å². The molecule has 2 atom stereocenters. The van der Waals surface area contributed by atoms with Gasteiger partial charge in [-0.25, -0.2) is 0 Å². The third-order valence-electron chi connectivity index (χ3n) is 2.57. The number of nitrogens with zero attached hydrogens (tertiary/aromatic N) is 2. The van der Waals surface area contributed by atoms with E-state index >= 15 is 0 Å². The lowest BCUT2D eigenvalue weighted by Gasteiger charge is -2.13. The van der Waals surface area contributed by atoms with Gasteiger partial charge < -0.3 is 10.5 Å². The molecule has 0 aliphatic carbocycles. The second-order valence-electron chi connectivity index (χ2n) is 3.70. The minimum Gasteiger partial charge on any atom is -0.381 e. The summed E-state index contributed by atoms with van der Waals surface area (Å²) in [6.07, 6.45) is 7.14. The van der Waals surface area contributed by atoms with Crippen molar-refractivity contribution in [1.82, 2.24) is 9.97 Å². The second-order valence-corrected chi connectivity index (χ2v) is 3.70. The molecule has 1 aliphatic heterocycles. The van der Waals surface area contributed by atoms with E-state index in [0.717, 1.165) is 31.7 Å². The van der Waals surface area contributed by atoms with Crippen molar-refractivity contribution < 1.29 is 4.74 Å². The molecule has 2 unspecified atom stereocenters. The van der Waals surface area contributed by atoms with Crippen molar-refractivity contribution >= 4 is 0 Å². The molecule has 1 aliphatic rings. The van der Waals surface area contributed by atoms with E-state index in [1.54, 1.807) is 18.6 Å². The third-order valence-corrected chi connectivity index (χ3v) is 2.57. The van der Waals surface area contributed by atoms with Gasteiger partial charge in [0.1, 0.15) is 0 Å². The van der Waals surface area contributed by atoms with Crippen LogP contribution in [-0.2, 0) is 4.74 Å². The molecule has 1 saturated heterocycles. The van der Waals surface area contributed by atoms with Crippen LogP contribution in [0.15, 0.2) is 18.6 Å². The fraction of sp³-hybridized carbons (Fsp3) is 0.600. The van der Waals surface area contributed by atoms with E-state index in [1.165, 1.54) is 0 Å². The zero-order chi connectivity index (χ0) is 9.80. The van der Waals surface area contributed by atoms with Gasteiger partial charge in [-0.15, -0.1) is 0 Å². The Labute approximate surface area is 83.5 Å². The van der Waals surface area contributed by atoms with Gasteiger partial charge in [0, 0.05) is 37.8 Å². The summed E-state index contributed by atoms with van der Waals surface area (Å²) < 4.78 is 5.30. The molecule has 2 rings (SSSR count). The highest BCUT2D eigenvalue weighted by molar-refractivity contribution is 5.01. The van der Waals surface area contributed by atoms with E-state index in [9.17, 15) is 0 Å². The minimum absolute atomic E-state index is 0.00426. The summed E-state index contributed by atoms with van der Waals surface area (Å²) in [6, 6.07) is -0.00426. The zero-order valence-electron chi connectivity index (χ0n) is 8.10. The monoisotopic (exact) mass is 193 g/mol. The highest BCUT2D eigenvalue weighted by Crippen LogP contribution is 2.23. The standard InChI is InChI=1S/C10H15N3O/c11-9(5-8-1-4-14-7-8)10-6-12-2-3-13-10/h2-3,6,8-9H,1,4-5,7,11H2. The van der Waals surface area contributed by atoms with Gasteiger partial charge in [-0.3, -0.25) is 9.97 Å². The van der Waals surface area contributed by atoms with Gasteiger partial charge in [0.25, 0.3) is 0 Å². The van der Waals surface area contributed by atoms with Gasteiger partial charge in [-0.2, -0.15) is 0 Å². The SMILES string of the molecule is NC(CC1CCOC1)c1cnccn1. The maximum absolute atomic E-state index is 6.02. The van der Waals surface area contributed by atoms with Crippen LogP contribution in [-0.4, -0.2) is 23.2 Å². The average molecular weight is 193 g/mol. The average Bonchev–Trinajstić information content (AvgIpc) is 2.72. The van der Waals surface area contributed by atoms with Crippen LogP contribution in [0.5, 0.6) is 0 Å². The molecular formula is C10H15N3O. The Hall–Kier alpha value is -1.00. The summed E-state index contributed by atoms with van der Waals surface area (Å²) in [5.74, 6) is 0.590. The van der Waals surface area contributed by atoms with Crippen molar-refractivity contribution in [2.45, 2.75) is 18.9 Å². The predicted octanol–water partition coefficient (Wildman–Crippen LogP) is 0.903. The molecule has 14 heavy (non-hydrogen) atoms. The fourth-order valence-electron chi connectivity index (χ4n) is 1.75. The van der Waals surface area contributed by atoms with Crippen molar-refractivity contribution in [2.75, 3.05) is 13.2 Å². The van der Waals surface area contributed by atoms with E-state index in [1.807, 2.05) is 0 Å². The summed E-state index contributed by atoms with van der Waals surface area (Å²) in [4.78, 5) is 8.20. The van der Waals surface area contributed by atoms with E-state index < -0.39 is 0 Å². The normalized spacial score (nSPS) is 23.6. The van der Waals surface area contributed by atoms with Gasteiger partial charge in [0.2, 0.25) is 0 Å². The number of nitrogens with two attached hydrogens (primary N) is 1. The van der Waals surface area contributed by atoms with Crippen LogP contribution in [0.3, 0.4) is 0 Å². The Bertz CT molecular complexity index is 272. The topological polar surface area (TPSA) is 61.0 Å². The number of rotatable bonds is 3. The van der Waals surface area contributed by atoms with Crippen molar-refractivity contribution in [2.24, 2.45) is 11.7 Å². The van der Waals surface area contributed by atoms with Gasteiger partial charge in [-0.1, -0.05) is 0 Å². The number of hydrogen-bond donors (Lipinski definition) is 1. The molecule has 0 bridgehead atoms. The molecule has 0 aromatic carbocycles. The first-order valence-electron chi connectivity index (χ1n) is 4.95. The summed E-state index contributed by atoms with van der Waals surface area (Å²) in [5.41, 5.74) is 6.89. The third kappa shape index (κ3) is 2.27. The Kier molecular flexibility index (Phi) is 3.06. The smallest absolute Gasteiger partial charge is 0.0753 e. The van der Waals surface area contributed by atoms with E-state index in [-0.39, 0.29) is 6.04 Å². The molecule has 4 nitrogen and oxygen atoms in total. The summed E-state index contributed by atoms with van der Waals surface area (Å²) >= 11 is 0. The minimum atomic E-state index is -0.00426. The Morgan fingerprint density at radius 2 is 2.50 bits per heavy atom. The van der Waals surface area contributed by atoms with Crippen molar-refractivity contribution in [3.8, 4) is 0 Å². The molecule has 0 spiro atoms. The van der Waals surface area contributed by atoms with Gasteiger partial charge in [-0.05, 0) is 18.8 Å². The highest BCUT2D eigenvalue weighted by Gasteiger charge is 2.20. The summed E-state index contributed by atoms with van der Waals surface area (Å²) in [6.45, 7) is 1.71. The number of ether oxygens (including phenoxy) is 1. The van der Waals surface area contributed by atoms with E-state index in [0.29, 0.717) is 5.92 Å². The quantitative estimate of drug-likeness (QED) is 0.774. The lowest BCUT2D eigenvalue weighted by molar-refractivity contribution is 0.182. The Morgan fingerprint density at radius 3 is 3.14 bits per heavy atom. The van der Waals surface area contributed by atoms with Crippen LogP contribution in [0.2, 0.25) is 0 Å². The molecule has 1 fully saturated rings. The van der Waals surface area contributed by atoms with Gasteiger partial charge in [0.05, 0.1) is 5.69 Å². The molecule has 0 saturated carbocycles. The van der Waals surface area contributed by atoms with Crippen molar-refractivity contribution in [3.63, 3.8) is 0 Å². The molecule has 2 N–H and O–H groups in total. The second kappa shape index (κ2) is 4.48. The first-order valence-corrected chi connectivity index (χ1v) is 4.95. The highest BCUT2D eigenvalue weighted by atomic mass is 16.5. The number of aromatic nitrogens is 2. The van der Waals surface area contributed by atoms with Gasteiger partial charge in [0.15, 0.2) is 0 Å². The van der Waals surface area contributed by atoms with Crippen LogP contribution in [0.4, 0.5) is 0 Å². The van der Waals surface area contributed by atoms with E-state index in [2.05, 4.69) is 9.97 Å². The van der Waals surface area contributed by atoms with Crippen molar-refractivity contribution in [1.29, 1.82) is 0 Å². The van der Waals surface area contributed by atoms with Crippen molar-refractivity contribution in [3.05, 3.63) is 24.3 Å². The van der Waals surface area contributed by atoms with Crippen LogP contribution < -0.4 is 5.73 Å². The first-order chi connectivity index (χ1) is 6.86. The van der Waals surface area contributed by atoms with Crippen LogP contribution in [0, 0.1) is 5.92 Å². The lowest BCUT2D eigenvalue weighted by Crippen LogP contribution is -2.17. The Morgan fingerprint density at radius 1 is 1.57 bits per heavy atom.